The minimum absolute atomic E-state index is 0.0340. The molecule has 122 valence electrons. The summed E-state index contributed by atoms with van der Waals surface area (Å²) in [5.74, 6) is 0.524. The first-order chi connectivity index (χ1) is 11.2. The summed E-state index contributed by atoms with van der Waals surface area (Å²) in [4.78, 5) is 21.6. The first-order valence-corrected chi connectivity index (χ1v) is 7.40. The molecule has 23 heavy (non-hydrogen) atoms. The van der Waals surface area contributed by atoms with Crippen molar-refractivity contribution in [3.63, 3.8) is 0 Å². The maximum atomic E-state index is 10.9. The predicted octanol–water partition coefficient (Wildman–Crippen LogP) is 0.692. The molecule has 0 spiro atoms. The summed E-state index contributed by atoms with van der Waals surface area (Å²) in [7, 11) is 1.58. The topological polar surface area (TPSA) is 106 Å². The number of piperidine rings is 1. The van der Waals surface area contributed by atoms with Crippen LogP contribution in [0.5, 0.6) is 5.88 Å². The van der Waals surface area contributed by atoms with Crippen molar-refractivity contribution in [1.29, 1.82) is 0 Å². The van der Waals surface area contributed by atoms with E-state index in [1.807, 2.05) is 0 Å². The molecule has 0 aliphatic carbocycles. The van der Waals surface area contributed by atoms with Crippen LogP contribution in [-0.4, -0.2) is 56.2 Å². The van der Waals surface area contributed by atoms with Crippen molar-refractivity contribution in [3.05, 3.63) is 24.3 Å². The number of hydrogen-bond acceptors (Lipinski definition) is 7. The maximum Gasteiger partial charge on any atom is 0.358 e. The summed E-state index contributed by atoms with van der Waals surface area (Å²) in [5.41, 5.74) is -0.0340. The fourth-order valence-electron chi connectivity index (χ4n) is 2.84. The van der Waals surface area contributed by atoms with Crippen LogP contribution in [0.3, 0.4) is 0 Å². The van der Waals surface area contributed by atoms with Gasteiger partial charge in [-0.15, -0.1) is 5.10 Å². The Balaban J connectivity index is 1.69. The fourth-order valence-corrected chi connectivity index (χ4v) is 2.84. The van der Waals surface area contributed by atoms with Crippen LogP contribution in [0.15, 0.2) is 18.6 Å². The molecule has 1 aliphatic heterocycles. The molecular formula is C14H18N6O3. The molecule has 0 bridgehead atoms. The lowest BCUT2D eigenvalue weighted by Crippen LogP contribution is -2.38. The van der Waals surface area contributed by atoms with Crippen LogP contribution in [0.1, 0.15) is 23.3 Å². The Bertz CT molecular complexity index is 689. The van der Waals surface area contributed by atoms with Crippen molar-refractivity contribution in [1.82, 2.24) is 25.0 Å². The standard InChI is InChI=1S/C14H18N6O3/c1-23-13-12(15-4-5-16-13)19-6-2-3-10(7-19)8-20-9-11(14(21)22)17-18-20/h4-5,9-10H,2-3,6-8H2,1H3,(H,21,22)/t10-/m0/s1. The number of ether oxygens (including phenoxy) is 1. The highest BCUT2D eigenvalue weighted by Gasteiger charge is 2.24. The monoisotopic (exact) mass is 318 g/mol. The van der Waals surface area contributed by atoms with Gasteiger partial charge in [0.1, 0.15) is 0 Å². The van der Waals surface area contributed by atoms with E-state index < -0.39 is 5.97 Å². The predicted molar refractivity (Wildman–Crippen MR) is 80.5 cm³/mol. The van der Waals surface area contributed by atoms with Gasteiger partial charge in [0.05, 0.1) is 13.3 Å². The summed E-state index contributed by atoms with van der Waals surface area (Å²) in [5, 5.41) is 16.4. The molecule has 2 aromatic rings. The average molecular weight is 318 g/mol. The quantitative estimate of drug-likeness (QED) is 0.858. The number of hydrogen-bond donors (Lipinski definition) is 1. The Morgan fingerprint density at radius 1 is 1.43 bits per heavy atom. The van der Waals surface area contributed by atoms with Gasteiger partial charge >= 0.3 is 5.97 Å². The molecule has 3 heterocycles. The molecule has 2 aromatic heterocycles. The molecule has 0 unspecified atom stereocenters. The van der Waals surface area contributed by atoms with E-state index in [0.717, 1.165) is 31.7 Å². The molecule has 1 fully saturated rings. The number of rotatable bonds is 5. The molecule has 9 heteroatoms. The van der Waals surface area contributed by atoms with Crippen molar-refractivity contribution < 1.29 is 14.6 Å². The van der Waals surface area contributed by atoms with E-state index in [1.54, 1.807) is 24.2 Å². The molecule has 0 amide bonds. The zero-order valence-corrected chi connectivity index (χ0v) is 12.8. The largest absolute Gasteiger partial charge is 0.478 e. The summed E-state index contributed by atoms with van der Waals surface area (Å²) >= 11 is 0. The second kappa shape index (κ2) is 6.59. The van der Waals surface area contributed by atoms with Crippen LogP contribution in [0, 0.1) is 5.92 Å². The fraction of sp³-hybridized carbons (Fsp3) is 0.500. The molecule has 9 nitrogen and oxygen atoms in total. The number of carboxylic acid groups (broad SMARTS) is 1. The van der Waals surface area contributed by atoms with Gasteiger partial charge in [-0.1, -0.05) is 5.21 Å². The molecular weight excluding hydrogens is 300 g/mol. The molecule has 0 aromatic carbocycles. The van der Waals surface area contributed by atoms with Crippen molar-refractivity contribution >= 4 is 11.8 Å². The SMILES string of the molecule is COc1nccnc1N1CCC[C@H](Cn2cc(C(=O)O)nn2)C1. The number of nitrogens with zero attached hydrogens (tertiary/aromatic N) is 6. The number of aromatic nitrogens is 5. The lowest BCUT2D eigenvalue weighted by molar-refractivity contribution is 0.0690. The Hall–Kier alpha value is -2.71. The van der Waals surface area contributed by atoms with Gasteiger partial charge < -0.3 is 14.7 Å². The number of methoxy groups -OCH3 is 1. The van der Waals surface area contributed by atoms with Gasteiger partial charge in [0, 0.05) is 32.0 Å². The van der Waals surface area contributed by atoms with Crippen LogP contribution < -0.4 is 9.64 Å². The van der Waals surface area contributed by atoms with E-state index in [-0.39, 0.29) is 5.69 Å². The van der Waals surface area contributed by atoms with Crippen molar-refractivity contribution in [2.75, 3.05) is 25.1 Å². The van der Waals surface area contributed by atoms with Crippen molar-refractivity contribution in [3.8, 4) is 5.88 Å². The highest BCUT2D eigenvalue weighted by atomic mass is 16.5. The van der Waals surface area contributed by atoms with Gasteiger partial charge in [-0.05, 0) is 18.8 Å². The molecule has 1 atom stereocenters. The lowest BCUT2D eigenvalue weighted by Gasteiger charge is -2.33. The summed E-state index contributed by atoms with van der Waals surface area (Å²) in [6.45, 7) is 2.31. The van der Waals surface area contributed by atoms with Gasteiger partial charge in [0.25, 0.3) is 5.88 Å². The third-order valence-corrected chi connectivity index (χ3v) is 3.86. The van der Waals surface area contributed by atoms with Crippen LogP contribution in [0.4, 0.5) is 5.82 Å². The van der Waals surface area contributed by atoms with E-state index >= 15 is 0 Å². The minimum atomic E-state index is -1.06. The molecule has 1 saturated heterocycles. The second-order valence-electron chi connectivity index (χ2n) is 5.47. The van der Waals surface area contributed by atoms with Crippen molar-refractivity contribution in [2.24, 2.45) is 5.92 Å². The lowest BCUT2D eigenvalue weighted by atomic mass is 9.98. The smallest absolute Gasteiger partial charge is 0.358 e. The molecule has 1 N–H and O–H groups in total. The number of carboxylic acids is 1. The van der Waals surface area contributed by atoms with Gasteiger partial charge in [-0.2, -0.15) is 0 Å². The van der Waals surface area contributed by atoms with Gasteiger partial charge in [-0.3, -0.25) is 4.68 Å². The summed E-state index contributed by atoms with van der Waals surface area (Å²) in [6, 6.07) is 0. The number of anilines is 1. The first kappa shape index (κ1) is 15.2. The van der Waals surface area contributed by atoms with Crippen LogP contribution >= 0.6 is 0 Å². The van der Waals surface area contributed by atoms with E-state index in [4.69, 9.17) is 9.84 Å². The Labute approximate surface area is 132 Å². The van der Waals surface area contributed by atoms with Crippen LogP contribution in [0.2, 0.25) is 0 Å². The van der Waals surface area contributed by atoms with Crippen molar-refractivity contribution in [2.45, 2.75) is 19.4 Å². The zero-order valence-electron chi connectivity index (χ0n) is 12.8. The summed E-state index contributed by atoms with van der Waals surface area (Å²) < 4.78 is 6.86. The molecule has 0 saturated carbocycles. The van der Waals surface area contributed by atoms with E-state index in [9.17, 15) is 4.79 Å². The molecule has 3 rings (SSSR count). The second-order valence-corrected chi connectivity index (χ2v) is 5.47. The number of aromatic carboxylic acids is 1. The van der Waals surface area contributed by atoms with Gasteiger partial charge in [-0.25, -0.2) is 14.8 Å². The Kier molecular flexibility index (Phi) is 4.35. The van der Waals surface area contributed by atoms with Crippen LogP contribution in [-0.2, 0) is 6.54 Å². The molecule has 1 aliphatic rings. The Morgan fingerprint density at radius 2 is 2.26 bits per heavy atom. The van der Waals surface area contributed by atoms with E-state index in [1.165, 1.54) is 6.20 Å². The normalized spacial score (nSPS) is 18.0. The zero-order chi connectivity index (χ0) is 16.2. The average Bonchev–Trinajstić information content (AvgIpc) is 3.04. The minimum Gasteiger partial charge on any atom is -0.478 e. The number of carbonyl (C=O) groups is 1. The first-order valence-electron chi connectivity index (χ1n) is 7.40. The van der Waals surface area contributed by atoms with Gasteiger partial charge in [0.2, 0.25) is 0 Å². The van der Waals surface area contributed by atoms with E-state index in [0.29, 0.717) is 18.3 Å². The highest BCUT2D eigenvalue weighted by molar-refractivity contribution is 5.84. The third-order valence-electron chi connectivity index (χ3n) is 3.86. The molecule has 0 radical (unpaired) electrons. The maximum absolute atomic E-state index is 10.9. The highest BCUT2D eigenvalue weighted by Crippen LogP contribution is 2.27. The van der Waals surface area contributed by atoms with E-state index in [2.05, 4.69) is 25.2 Å². The van der Waals surface area contributed by atoms with Crippen LogP contribution in [0.25, 0.3) is 0 Å². The summed E-state index contributed by atoms with van der Waals surface area (Å²) in [6.07, 6.45) is 6.78. The Morgan fingerprint density at radius 3 is 3.00 bits per heavy atom. The third kappa shape index (κ3) is 3.38. The van der Waals surface area contributed by atoms with Gasteiger partial charge in [0.15, 0.2) is 11.5 Å².